The number of rotatable bonds is 2. The first-order valence-corrected chi connectivity index (χ1v) is 5.41. The topological polar surface area (TPSA) is 38.3 Å². The van der Waals surface area contributed by atoms with Crippen LogP contribution in [0.25, 0.3) is 0 Å². The van der Waals surface area contributed by atoms with Crippen molar-refractivity contribution >= 4 is 5.97 Å². The van der Waals surface area contributed by atoms with Gasteiger partial charge < -0.3 is 10.1 Å². The Labute approximate surface area is 85.2 Å². The van der Waals surface area contributed by atoms with Crippen LogP contribution in [0.5, 0.6) is 0 Å². The van der Waals surface area contributed by atoms with E-state index in [4.69, 9.17) is 4.74 Å². The molecule has 2 aliphatic rings. The van der Waals surface area contributed by atoms with Crippen LogP contribution in [0.3, 0.4) is 0 Å². The molecule has 0 aromatic carbocycles. The molecule has 0 spiro atoms. The van der Waals surface area contributed by atoms with Gasteiger partial charge in [0.2, 0.25) is 0 Å². The molecule has 1 heterocycles. The lowest BCUT2D eigenvalue weighted by Crippen LogP contribution is -2.43. The zero-order chi connectivity index (χ0) is 10.3. The molecule has 14 heavy (non-hydrogen) atoms. The van der Waals surface area contributed by atoms with Gasteiger partial charge in [0.1, 0.15) is 5.60 Å². The Morgan fingerprint density at radius 2 is 2.00 bits per heavy atom. The standard InChI is InChI=1S/C11H19NO2/c1-11(2,3)14-10(13)9-4-8(9)7-5-12-6-7/h7-9,12H,4-6H2,1-3H3/t8-,9+/m0/s1. The van der Waals surface area contributed by atoms with Crippen LogP contribution in [0.1, 0.15) is 27.2 Å². The summed E-state index contributed by atoms with van der Waals surface area (Å²) in [5.74, 6) is 1.54. The van der Waals surface area contributed by atoms with Gasteiger partial charge >= 0.3 is 5.97 Å². The summed E-state index contributed by atoms with van der Waals surface area (Å²) in [6.45, 7) is 7.95. The molecule has 0 aromatic heterocycles. The molecule has 3 heteroatoms. The number of hydrogen-bond acceptors (Lipinski definition) is 3. The van der Waals surface area contributed by atoms with Gasteiger partial charge in [-0.25, -0.2) is 0 Å². The van der Waals surface area contributed by atoms with Crippen molar-refractivity contribution in [3.8, 4) is 0 Å². The lowest BCUT2D eigenvalue weighted by Gasteiger charge is -2.27. The van der Waals surface area contributed by atoms with E-state index in [9.17, 15) is 4.79 Å². The Kier molecular flexibility index (Phi) is 2.30. The van der Waals surface area contributed by atoms with E-state index >= 15 is 0 Å². The van der Waals surface area contributed by atoms with Crippen molar-refractivity contribution in [3.05, 3.63) is 0 Å². The van der Waals surface area contributed by atoms with Crippen LogP contribution in [-0.4, -0.2) is 24.7 Å². The first-order valence-electron chi connectivity index (χ1n) is 5.41. The second-order valence-electron chi connectivity index (χ2n) is 5.46. The van der Waals surface area contributed by atoms with Crippen molar-refractivity contribution in [1.82, 2.24) is 5.32 Å². The van der Waals surface area contributed by atoms with E-state index in [1.807, 2.05) is 20.8 Å². The molecule has 2 fully saturated rings. The zero-order valence-electron chi connectivity index (χ0n) is 9.17. The normalized spacial score (nSPS) is 32.2. The van der Waals surface area contributed by atoms with E-state index in [0.717, 1.165) is 25.4 Å². The minimum atomic E-state index is -0.331. The van der Waals surface area contributed by atoms with Crippen LogP contribution in [0.2, 0.25) is 0 Å². The summed E-state index contributed by atoms with van der Waals surface area (Å²) >= 11 is 0. The number of esters is 1. The summed E-state index contributed by atoms with van der Waals surface area (Å²) < 4.78 is 5.35. The predicted molar refractivity (Wildman–Crippen MR) is 53.8 cm³/mol. The van der Waals surface area contributed by atoms with Gasteiger partial charge in [0.15, 0.2) is 0 Å². The largest absolute Gasteiger partial charge is 0.460 e. The van der Waals surface area contributed by atoms with Crippen molar-refractivity contribution in [3.63, 3.8) is 0 Å². The summed E-state index contributed by atoms with van der Waals surface area (Å²) in [7, 11) is 0. The first kappa shape index (κ1) is 9.97. The molecule has 0 unspecified atom stereocenters. The van der Waals surface area contributed by atoms with Crippen molar-refractivity contribution < 1.29 is 9.53 Å². The number of ether oxygens (including phenoxy) is 1. The predicted octanol–water partition coefficient (Wildman–Crippen LogP) is 1.18. The van der Waals surface area contributed by atoms with Crippen LogP contribution in [-0.2, 0) is 9.53 Å². The molecule has 1 N–H and O–H groups in total. The van der Waals surface area contributed by atoms with Gasteiger partial charge in [-0.1, -0.05) is 0 Å². The van der Waals surface area contributed by atoms with E-state index in [0.29, 0.717) is 5.92 Å². The smallest absolute Gasteiger partial charge is 0.309 e. The highest BCUT2D eigenvalue weighted by atomic mass is 16.6. The van der Waals surface area contributed by atoms with Gasteiger partial charge in [0.25, 0.3) is 0 Å². The van der Waals surface area contributed by atoms with Gasteiger partial charge in [-0.2, -0.15) is 0 Å². The second-order valence-corrected chi connectivity index (χ2v) is 5.46. The highest BCUT2D eigenvalue weighted by Gasteiger charge is 2.50. The maximum atomic E-state index is 11.6. The number of hydrogen-bond donors (Lipinski definition) is 1. The molecular formula is C11H19NO2. The molecule has 1 saturated heterocycles. The third-order valence-corrected chi connectivity index (χ3v) is 2.97. The molecule has 2 rings (SSSR count). The fourth-order valence-electron chi connectivity index (χ4n) is 2.00. The van der Waals surface area contributed by atoms with Crippen molar-refractivity contribution in [2.45, 2.75) is 32.8 Å². The number of carbonyl (C=O) groups is 1. The molecular weight excluding hydrogens is 178 g/mol. The lowest BCUT2D eigenvalue weighted by atomic mass is 9.96. The molecule has 80 valence electrons. The van der Waals surface area contributed by atoms with E-state index in [-0.39, 0.29) is 17.5 Å². The highest BCUT2D eigenvalue weighted by molar-refractivity contribution is 5.76. The number of carbonyl (C=O) groups excluding carboxylic acids is 1. The minimum Gasteiger partial charge on any atom is -0.460 e. The molecule has 3 nitrogen and oxygen atoms in total. The molecule has 1 aliphatic carbocycles. The second kappa shape index (κ2) is 3.23. The lowest BCUT2D eigenvalue weighted by molar-refractivity contribution is -0.157. The first-order chi connectivity index (χ1) is 6.47. The summed E-state index contributed by atoms with van der Waals surface area (Å²) in [6, 6.07) is 0. The van der Waals surface area contributed by atoms with E-state index in [1.54, 1.807) is 0 Å². The van der Waals surface area contributed by atoms with Crippen LogP contribution in [0.15, 0.2) is 0 Å². The van der Waals surface area contributed by atoms with Crippen LogP contribution in [0.4, 0.5) is 0 Å². The summed E-state index contributed by atoms with van der Waals surface area (Å²) in [4.78, 5) is 11.6. The average Bonchev–Trinajstić information content (AvgIpc) is 2.58. The van der Waals surface area contributed by atoms with Gasteiger partial charge in [0.05, 0.1) is 5.92 Å². The van der Waals surface area contributed by atoms with E-state index in [1.165, 1.54) is 0 Å². The van der Waals surface area contributed by atoms with Gasteiger partial charge in [-0.15, -0.1) is 0 Å². The molecule has 1 aliphatic heterocycles. The minimum absolute atomic E-state index is 0.00870. The van der Waals surface area contributed by atoms with Gasteiger partial charge in [-0.05, 0) is 52.1 Å². The monoisotopic (exact) mass is 197 g/mol. The van der Waals surface area contributed by atoms with Crippen LogP contribution < -0.4 is 5.32 Å². The Balaban J connectivity index is 1.78. The van der Waals surface area contributed by atoms with Gasteiger partial charge in [-0.3, -0.25) is 4.79 Å². The van der Waals surface area contributed by atoms with E-state index in [2.05, 4.69) is 5.32 Å². The molecule has 0 amide bonds. The van der Waals surface area contributed by atoms with Crippen LogP contribution in [0, 0.1) is 17.8 Å². The van der Waals surface area contributed by atoms with Gasteiger partial charge in [0, 0.05) is 0 Å². The zero-order valence-corrected chi connectivity index (χ0v) is 9.17. The average molecular weight is 197 g/mol. The molecule has 2 atom stereocenters. The summed E-state index contributed by atoms with van der Waals surface area (Å²) in [5.41, 5.74) is -0.331. The Bertz CT molecular complexity index is 240. The third-order valence-electron chi connectivity index (χ3n) is 2.97. The quantitative estimate of drug-likeness (QED) is 0.676. The summed E-state index contributed by atoms with van der Waals surface area (Å²) in [5, 5.41) is 3.24. The van der Waals surface area contributed by atoms with Crippen molar-refractivity contribution in [2.24, 2.45) is 17.8 Å². The van der Waals surface area contributed by atoms with Crippen LogP contribution >= 0.6 is 0 Å². The third kappa shape index (κ3) is 2.08. The molecule has 1 saturated carbocycles. The molecule has 0 radical (unpaired) electrons. The molecule has 0 bridgehead atoms. The fraction of sp³-hybridized carbons (Fsp3) is 0.909. The van der Waals surface area contributed by atoms with Crippen molar-refractivity contribution in [2.75, 3.05) is 13.1 Å². The number of nitrogens with one attached hydrogen (secondary N) is 1. The maximum Gasteiger partial charge on any atom is 0.309 e. The molecule has 0 aromatic rings. The van der Waals surface area contributed by atoms with E-state index < -0.39 is 0 Å². The van der Waals surface area contributed by atoms with Crippen molar-refractivity contribution in [1.29, 1.82) is 0 Å². The highest BCUT2D eigenvalue weighted by Crippen LogP contribution is 2.46. The Morgan fingerprint density at radius 3 is 2.43 bits per heavy atom. The summed E-state index contributed by atoms with van der Waals surface area (Å²) in [6.07, 6.45) is 1.04. The maximum absolute atomic E-state index is 11.6. The SMILES string of the molecule is CC(C)(C)OC(=O)[C@@H]1C[C@H]1C1CNC1. The fourth-order valence-corrected chi connectivity index (χ4v) is 2.00. The Hall–Kier alpha value is -0.570. The Morgan fingerprint density at radius 1 is 1.36 bits per heavy atom.